The summed E-state index contributed by atoms with van der Waals surface area (Å²) < 4.78 is 0.738. The van der Waals surface area contributed by atoms with Gasteiger partial charge in [-0.1, -0.05) is 34.1 Å². The molecule has 0 aliphatic heterocycles. The number of rotatable bonds is 8. The van der Waals surface area contributed by atoms with E-state index in [1.165, 1.54) is 6.07 Å². The van der Waals surface area contributed by atoms with E-state index in [4.69, 9.17) is 11.5 Å². The van der Waals surface area contributed by atoms with Gasteiger partial charge >= 0.3 is 0 Å². The third kappa shape index (κ3) is 7.26. The molecule has 1 unspecified atom stereocenters. The van der Waals surface area contributed by atoms with Crippen molar-refractivity contribution < 1.29 is 19.5 Å². The molecular weight excluding hydrogens is 442 g/mol. The van der Waals surface area contributed by atoms with E-state index in [0.717, 1.165) is 4.47 Å². The van der Waals surface area contributed by atoms with E-state index in [0.29, 0.717) is 11.3 Å². The number of nitrogens with one attached hydrogen (secondary N) is 2. The van der Waals surface area contributed by atoms with Crippen LogP contribution >= 0.6 is 15.9 Å². The van der Waals surface area contributed by atoms with Crippen LogP contribution in [0.25, 0.3) is 0 Å². The Balaban J connectivity index is 2.00. The molecule has 2 aromatic carbocycles. The molecule has 0 fully saturated rings. The predicted molar refractivity (Wildman–Crippen MR) is 109 cm³/mol. The van der Waals surface area contributed by atoms with Crippen molar-refractivity contribution in [2.75, 3.05) is 6.54 Å². The Morgan fingerprint density at radius 2 is 1.83 bits per heavy atom. The molecule has 0 aliphatic carbocycles. The average Bonchev–Trinajstić information content (AvgIpc) is 2.65. The first-order valence-corrected chi connectivity index (χ1v) is 9.26. The number of carbonyl (C=O) groups is 3. The molecule has 0 aliphatic rings. The van der Waals surface area contributed by atoms with Gasteiger partial charge in [0.15, 0.2) is 5.96 Å². The summed E-state index contributed by atoms with van der Waals surface area (Å²) in [5, 5.41) is 16.1. The lowest BCUT2D eigenvalue weighted by Gasteiger charge is -2.20. The molecule has 0 spiro atoms. The Bertz CT molecular complexity index is 944. The number of carbonyl (C=O) groups excluding carboxylic acids is 3. The maximum absolute atomic E-state index is 12.3. The maximum Gasteiger partial charge on any atom is 0.251 e. The first-order chi connectivity index (χ1) is 13.7. The normalized spacial score (nSPS) is 11.2. The summed E-state index contributed by atoms with van der Waals surface area (Å²) in [4.78, 5) is 39.4. The minimum atomic E-state index is -1.31. The first-order valence-electron chi connectivity index (χ1n) is 8.47. The third-order valence-electron chi connectivity index (χ3n) is 3.73. The molecule has 10 heteroatoms. The molecule has 0 heterocycles. The van der Waals surface area contributed by atoms with Crippen LogP contribution in [0.5, 0.6) is 0 Å². The number of aliphatic imine (C=N–C) groups is 1. The van der Waals surface area contributed by atoms with E-state index in [1.807, 2.05) is 0 Å². The van der Waals surface area contributed by atoms with Gasteiger partial charge in [0.1, 0.15) is 0 Å². The van der Waals surface area contributed by atoms with E-state index in [2.05, 4.69) is 31.6 Å². The Morgan fingerprint density at radius 3 is 2.48 bits per heavy atom. The van der Waals surface area contributed by atoms with E-state index < -0.39 is 30.2 Å². The van der Waals surface area contributed by atoms with Gasteiger partial charge in [0.25, 0.3) is 5.91 Å². The van der Waals surface area contributed by atoms with E-state index in [-0.39, 0.29) is 18.1 Å². The molecule has 0 saturated heterocycles. The molecule has 152 valence electrons. The smallest absolute Gasteiger partial charge is 0.251 e. The molecule has 6 N–H and O–H groups in total. The fourth-order valence-corrected chi connectivity index (χ4v) is 2.93. The van der Waals surface area contributed by atoms with Gasteiger partial charge in [0.2, 0.25) is 5.91 Å². The van der Waals surface area contributed by atoms with Crippen LogP contribution in [0, 0.1) is 0 Å². The zero-order valence-electron chi connectivity index (χ0n) is 15.2. The van der Waals surface area contributed by atoms with Gasteiger partial charge < -0.3 is 32.0 Å². The molecule has 1 atom stereocenters. The van der Waals surface area contributed by atoms with Crippen molar-refractivity contribution in [2.24, 2.45) is 16.5 Å². The van der Waals surface area contributed by atoms with Crippen molar-refractivity contribution in [3.8, 4) is 0 Å². The van der Waals surface area contributed by atoms with Gasteiger partial charge in [-0.25, -0.2) is 4.99 Å². The Kier molecular flexibility index (Phi) is 7.72. The lowest BCUT2D eigenvalue weighted by atomic mass is 10.0. The zero-order valence-corrected chi connectivity index (χ0v) is 16.8. The van der Waals surface area contributed by atoms with Crippen molar-refractivity contribution in [3.05, 3.63) is 64.1 Å². The quantitative estimate of drug-likeness (QED) is 0.321. The lowest BCUT2D eigenvalue weighted by Crippen LogP contribution is -2.40. The molecule has 0 bridgehead atoms. The summed E-state index contributed by atoms with van der Waals surface area (Å²) in [6.45, 7) is -0.344. The number of carboxylic acids is 1. The number of nitrogens with two attached hydrogens (primary N) is 2. The van der Waals surface area contributed by atoms with Crippen LogP contribution in [-0.4, -0.2) is 30.3 Å². The topological polar surface area (TPSA) is 163 Å². The predicted octanol–water partition coefficient (Wildman–Crippen LogP) is 0.0813. The number of nitrogens with zero attached hydrogens (tertiary/aromatic N) is 1. The second kappa shape index (κ2) is 10.2. The number of benzene rings is 2. The van der Waals surface area contributed by atoms with Crippen molar-refractivity contribution >= 4 is 45.4 Å². The third-order valence-corrected chi connectivity index (χ3v) is 4.23. The molecule has 2 amide bonds. The number of amides is 2. The highest BCUT2D eigenvalue weighted by Crippen LogP contribution is 2.20. The fourth-order valence-electron chi connectivity index (χ4n) is 2.52. The van der Waals surface area contributed by atoms with Crippen molar-refractivity contribution in [3.63, 3.8) is 0 Å². The Labute approximate surface area is 175 Å². The summed E-state index contributed by atoms with van der Waals surface area (Å²) >= 11 is 3.30. The van der Waals surface area contributed by atoms with Crippen LogP contribution in [-0.2, 0) is 9.59 Å². The molecule has 2 aromatic rings. The summed E-state index contributed by atoms with van der Waals surface area (Å²) in [6.07, 6.45) is -0.406. The number of guanidine groups is 1. The SMILES string of the molecule is NC(N)=Nc1cccc(C(=O)NCC(=O)NC(CC(=O)[O-])c2cccc(Br)c2)c1. The number of aliphatic carboxylic acids is 1. The summed E-state index contributed by atoms with van der Waals surface area (Å²) in [6, 6.07) is 12.3. The number of carboxylic acid groups (broad SMARTS) is 1. The zero-order chi connectivity index (χ0) is 21.4. The molecule has 0 radical (unpaired) electrons. The van der Waals surface area contributed by atoms with Gasteiger partial charge in [-0.3, -0.25) is 9.59 Å². The van der Waals surface area contributed by atoms with Gasteiger partial charge in [0, 0.05) is 22.4 Å². The first kappa shape index (κ1) is 21.9. The molecule has 0 saturated carbocycles. The van der Waals surface area contributed by atoms with Crippen molar-refractivity contribution in [1.29, 1.82) is 0 Å². The number of hydrogen-bond acceptors (Lipinski definition) is 5. The highest BCUT2D eigenvalue weighted by atomic mass is 79.9. The second-order valence-corrected chi connectivity index (χ2v) is 6.94. The van der Waals surface area contributed by atoms with Gasteiger partial charge in [-0.15, -0.1) is 0 Å². The summed E-state index contributed by atoms with van der Waals surface area (Å²) in [5.74, 6) is -2.51. The van der Waals surface area contributed by atoms with Crippen LogP contribution < -0.4 is 27.2 Å². The molecule has 0 aromatic heterocycles. The van der Waals surface area contributed by atoms with Gasteiger partial charge in [-0.2, -0.15) is 0 Å². The molecule has 2 rings (SSSR count). The summed E-state index contributed by atoms with van der Waals surface area (Å²) in [7, 11) is 0. The van der Waals surface area contributed by atoms with Crippen LogP contribution in [0.2, 0.25) is 0 Å². The second-order valence-electron chi connectivity index (χ2n) is 6.02. The van der Waals surface area contributed by atoms with E-state index in [9.17, 15) is 19.5 Å². The van der Waals surface area contributed by atoms with Crippen LogP contribution in [0.15, 0.2) is 58.0 Å². The largest absolute Gasteiger partial charge is 0.550 e. The van der Waals surface area contributed by atoms with E-state index >= 15 is 0 Å². The average molecular weight is 461 g/mol. The minimum Gasteiger partial charge on any atom is -0.550 e. The van der Waals surface area contributed by atoms with Gasteiger partial charge in [0.05, 0.1) is 18.3 Å². The van der Waals surface area contributed by atoms with Crippen LogP contribution in [0.4, 0.5) is 5.69 Å². The minimum absolute atomic E-state index is 0.145. The number of halogens is 1. The summed E-state index contributed by atoms with van der Waals surface area (Å²) in [5.41, 5.74) is 11.9. The lowest BCUT2D eigenvalue weighted by molar-refractivity contribution is -0.306. The standard InChI is InChI=1S/C19H20BrN5O4/c20-13-5-1-3-11(7-13)15(9-17(27)28)25-16(26)10-23-18(29)12-4-2-6-14(8-12)24-19(21)22/h1-8,15H,9-10H2,(H,23,29)(H,25,26)(H,27,28)(H4,21,22,24)/p-1. The van der Waals surface area contributed by atoms with Crippen LogP contribution in [0.1, 0.15) is 28.4 Å². The Morgan fingerprint density at radius 1 is 1.10 bits per heavy atom. The molecular formula is C19H19BrN5O4-. The van der Waals surface area contributed by atoms with Crippen molar-refractivity contribution in [1.82, 2.24) is 10.6 Å². The van der Waals surface area contributed by atoms with Crippen molar-refractivity contribution in [2.45, 2.75) is 12.5 Å². The van der Waals surface area contributed by atoms with Gasteiger partial charge in [-0.05, 0) is 35.9 Å². The Hall–Kier alpha value is -3.40. The number of hydrogen-bond donors (Lipinski definition) is 4. The van der Waals surface area contributed by atoms with E-state index in [1.54, 1.807) is 42.5 Å². The maximum atomic E-state index is 12.3. The molecule has 29 heavy (non-hydrogen) atoms. The molecule has 9 nitrogen and oxygen atoms in total. The van der Waals surface area contributed by atoms with Crippen LogP contribution in [0.3, 0.4) is 0 Å². The fraction of sp³-hybridized carbons (Fsp3) is 0.158. The highest BCUT2D eigenvalue weighted by molar-refractivity contribution is 9.10. The highest BCUT2D eigenvalue weighted by Gasteiger charge is 2.16. The monoisotopic (exact) mass is 460 g/mol.